The van der Waals surface area contributed by atoms with Crippen molar-refractivity contribution >= 4 is 11.5 Å². The number of carbonyl (C=O) groups is 1. The molecule has 0 radical (unpaired) electrons. The number of ether oxygens (including phenoxy) is 1. The average molecular weight is 299 g/mol. The molecule has 1 heterocycles. The molecule has 112 valence electrons. The van der Waals surface area contributed by atoms with Crippen LogP contribution in [-0.2, 0) is 4.74 Å². The maximum absolute atomic E-state index is 14.1. The van der Waals surface area contributed by atoms with E-state index in [2.05, 4.69) is 4.98 Å². The van der Waals surface area contributed by atoms with Crippen molar-refractivity contribution in [2.45, 2.75) is 6.42 Å². The second-order valence-corrected chi connectivity index (χ2v) is 4.55. The molecule has 0 aliphatic heterocycles. The van der Waals surface area contributed by atoms with Gasteiger partial charge in [-0.05, 0) is 18.2 Å². The first-order valence-electron chi connectivity index (χ1n) is 6.09. The summed E-state index contributed by atoms with van der Waals surface area (Å²) in [5.74, 6) is -4.75. The van der Waals surface area contributed by atoms with Crippen LogP contribution in [0.1, 0.15) is 22.6 Å². The normalized spacial score (nSPS) is 18.7. The van der Waals surface area contributed by atoms with E-state index in [-0.39, 0.29) is 13.0 Å². The molecule has 1 N–H and O–H groups in total. The topological polar surface area (TPSA) is 59.4 Å². The molecule has 0 bridgehead atoms. The van der Waals surface area contributed by atoms with Gasteiger partial charge in [0, 0.05) is 19.4 Å². The molecule has 2 rings (SSSR count). The van der Waals surface area contributed by atoms with Gasteiger partial charge in [-0.25, -0.2) is 22.9 Å². The van der Waals surface area contributed by atoms with Crippen molar-refractivity contribution < 1.29 is 27.8 Å². The molecule has 0 spiro atoms. The maximum atomic E-state index is 14.1. The number of aromatic carboxylic acids is 1. The van der Waals surface area contributed by atoms with Crippen LogP contribution in [0.3, 0.4) is 0 Å². The summed E-state index contributed by atoms with van der Waals surface area (Å²) in [7, 11) is 1.40. The standard InChI is InChI=1S/C14H12F3NO3/c1-21-6-7-4-9(16)12(10(17)5-7)13-8(15)2-3-11(18-13)14(19)20/h2-4,7H,5-6H2,1H3,(H,19,20). The highest BCUT2D eigenvalue weighted by Gasteiger charge is 2.27. The number of allylic oxidation sites excluding steroid dienone is 3. The predicted octanol–water partition coefficient (Wildman–Crippen LogP) is 3.12. The van der Waals surface area contributed by atoms with Crippen LogP contribution in [0.4, 0.5) is 13.2 Å². The van der Waals surface area contributed by atoms with Gasteiger partial charge in [0.2, 0.25) is 0 Å². The lowest BCUT2D eigenvalue weighted by atomic mass is 9.93. The van der Waals surface area contributed by atoms with Gasteiger partial charge in [0.15, 0.2) is 0 Å². The molecule has 1 atom stereocenters. The first-order chi connectivity index (χ1) is 9.93. The molecule has 7 heteroatoms. The minimum absolute atomic E-state index is 0.124. The minimum Gasteiger partial charge on any atom is -0.477 e. The molecular formula is C14H12F3NO3. The van der Waals surface area contributed by atoms with Crippen molar-refractivity contribution in [3.8, 4) is 0 Å². The monoisotopic (exact) mass is 299 g/mol. The number of methoxy groups -OCH3 is 1. The Morgan fingerprint density at radius 2 is 2.14 bits per heavy atom. The van der Waals surface area contributed by atoms with Crippen LogP contribution in [0.2, 0.25) is 0 Å². The zero-order valence-corrected chi connectivity index (χ0v) is 11.1. The van der Waals surface area contributed by atoms with Crippen LogP contribution in [0, 0.1) is 11.7 Å². The lowest BCUT2D eigenvalue weighted by Crippen LogP contribution is -2.13. The van der Waals surface area contributed by atoms with E-state index in [0.29, 0.717) is 0 Å². The molecule has 21 heavy (non-hydrogen) atoms. The molecule has 0 amide bonds. The molecule has 0 saturated carbocycles. The van der Waals surface area contributed by atoms with Gasteiger partial charge in [0.25, 0.3) is 0 Å². The Bertz CT molecular complexity index is 640. The number of hydrogen-bond donors (Lipinski definition) is 1. The predicted molar refractivity (Wildman–Crippen MR) is 68.4 cm³/mol. The first-order valence-corrected chi connectivity index (χ1v) is 6.09. The maximum Gasteiger partial charge on any atom is 0.354 e. The first kappa shape index (κ1) is 15.2. The van der Waals surface area contributed by atoms with Crippen LogP contribution < -0.4 is 0 Å². The average Bonchev–Trinajstić information content (AvgIpc) is 2.40. The number of nitrogens with zero attached hydrogens (tertiary/aromatic N) is 1. The van der Waals surface area contributed by atoms with Crippen LogP contribution >= 0.6 is 0 Å². The summed E-state index contributed by atoms with van der Waals surface area (Å²) in [6, 6.07) is 1.75. The number of rotatable bonds is 4. The molecule has 1 aromatic rings. The molecule has 1 unspecified atom stereocenters. The Morgan fingerprint density at radius 1 is 1.43 bits per heavy atom. The second-order valence-electron chi connectivity index (χ2n) is 4.55. The van der Waals surface area contributed by atoms with E-state index < -0.39 is 46.3 Å². The summed E-state index contributed by atoms with van der Waals surface area (Å²) in [6.45, 7) is 0.124. The fraction of sp³-hybridized carbons (Fsp3) is 0.286. The van der Waals surface area contributed by atoms with E-state index in [4.69, 9.17) is 9.84 Å². The van der Waals surface area contributed by atoms with E-state index in [1.54, 1.807) is 0 Å². The summed E-state index contributed by atoms with van der Waals surface area (Å²) in [4.78, 5) is 14.3. The van der Waals surface area contributed by atoms with Crippen molar-refractivity contribution in [2.75, 3.05) is 13.7 Å². The van der Waals surface area contributed by atoms with Crippen LogP contribution in [0.15, 0.2) is 29.9 Å². The fourth-order valence-corrected chi connectivity index (χ4v) is 2.11. The van der Waals surface area contributed by atoms with E-state index in [1.165, 1.54) is 7.11 Å². The van der Waals surface area contributed by atoms with Gasteiger partial charge in [-0.2, -0.15) is 0 Å². The Labute approximate surface area is 118 Å². The third kappa shape index (κ3) is 3.13. The summed E-state index contributed by atoms with van der Waals surface area (Å²) in [5, 5.41) is 8.82. The van der Waals surface area contributed by atoms with E-state index in [9.17, 15) is 18.0 Å². The van der Waals surface area contributed by atoms with Crippen molar-refractivity contribution in [3.05, 3.63) is 47.1 Å². The fourth-order valence-electron chi connectivity index (χ4n) is 2.11. The van der Waals surface area contributed by atoms with Crippen molar-refractivity contribution in [1.82, 2.24) is 4.98 Å². The number of carboxylic acid groups (broad SMARTS) is 1. The van der Waals surface area contributed by atoms with Crippen molar-refractivity contribution in [3.63, 3.8) is 0 Å². The SMILES string of the molecule is COCC1C=C(F)C(c2nc(C(=O)O)ccc2F)=C(F)C1. The van der Waals surface area contributed by atoms with Gasteiger partial charge in [-0.1, -0.05) is 0 Å². The third-order valence-corrected chi connectivity index (χ3v) is 3.02. The molecule has 1 aliphatic carbocycles. The number of aromatic nitrogens is 1. The number of hydrogen-bond acceptors (Lipinski definition) is 3. The Morgan fingerprint density at radius 3 is 2.71 bits per heavy atom. The zero-order valence-electron chi connectivity index (χ0n) is 11.1. The molecule has 0 aromatic carbocycles. The van der Waals surface area contributed by atoms with Gasteiger partial charge in [0.1, 0.15) is 28.9 Å². The number of carboxylic acids is 1. The smallest absolute Gasteiger partial charge is 0.354 e. The highest BCUT2D eigenvalue weighted by Crippen LogP contribution is 2.37. The Balaban J connectivity index is 2.47. The highest BCUT2D eigenvalue weighted by atomic mass is 19.1. The number of halogens is 3. The third-order valence-electron chi connectivity index (χ3n) is 3.02. The summed E-state index contributed by atoms with van der Waals surface area (Å²) >= 11 is 0. The van der Waals surface area contributed by atoms with Crippen molar-refractivity contribution in [2.24, 2.45) is 5.92 Å². The lowest BCUT2D eigenvalue weighted by molar-refractivity contribution is 0.0690. The van der Waals surface area contributed by atoms with Gasteiger partial charge < -0.3 is 9.84 Å². The summed E-state index contributed by atoms with van der Waals surface area (Å²) < 4.78 is 46.6. The quantitative estimate of drug-likeness (QED) is 0.928. The van der Waals surface area contributed by atoms with Gasteiger partial charge >= 0.3 is 5.97 Å². The van der Waals surface area contributed by atoms with Gasteiger partial charge in [0.05, 0.1) is 12.2 Å². The minimum atomic E-state index is -1.41. The summed E-state index contributed by atoms with van der Waals surface area (Å²) in [6.07, 6.45) is 0.964. The van der Waals surface area contributed by atoms with E-state index in [1.807, 2.05) is 0 Å². The molecule has 0 saturated heterocycles. The number of pyridine rings is 1. The van der Waals surface area contributed by atoms with Crippen LogP contribution in [0.5, 0.6) is 0 Å². The highest BCUT2D eigenvalue weighted by molar-refractivity contribution is 5.87. The van der Waals surface area contributed by atoms with E-state index in [0.717, 1.165) is 18.2 Å². The second kappa shape index (κ2) is 6.09. The Hall–Kier alpha value is -2.15. The van der Waals surface area contributed by atoms with Gasteiger partial charge in [-0.15, -0.1) is 0 Å². The molecule has 0 fully saturated rings. The van der Waals surface area contributed by atoms with Crippen molar-refractivity contribution in [1.29, 1.82) is 0 Å². The summed E-state index contributed by atoms with van der Waals surface area (Å²) in [5.41, 5.74) is -1.77. The Kier molecular flexibility index (Phi) is 4.42. The largest absolute Gasteiger partial charge is 0.477 e. The van der Waals surface area contributed by atoms with Crippen LogP contribution in [0.25, 0.3) is 5.57 Å². The lowest BCUT2D eigenvalue weighted by Gasteiger charge is -2.19. The molecule has 4 nitrogen and oxygen atoms in total. The molecular weight excluding hydrogens is 287 g/mol. The molecule has 1 aromatic heterocycles. The zero-order chi connectivity index (χ0) is 15.6. The molecule has 1 aliphatic rings. The van der Waals surface area contributed by atoms with Gasteiger partial charge in [-0.3, -0.25) is 0 Å². The van der Waals surface area contributed by atoms with E-state index >= 15 is 0 Å². The van der Waals surface area contributed by atoms with Crippen LogP contribution in [-0.4, -0.2) is 29.8 Å².